The smallest absolute Gasteiger partial charge is 0.155 e. The summed E-state index contributed by atoms with van der Waals surface area (Å²) in [6.07, 6.45) is 10.4. The summed E-state index contributed by atoms with van der Waals surface area (Å²) in [6.45, 7) is 0. The van der Waals surface area contributed by atoms with Crippen molar-refractivity contribution < 1.29 is 4.79 Å². The van der Waals surface area contributed by atoms with Gasteiger partial charge in [-0.1, -0.05) is 18.4 Å². The minimum atomic E-state index is 0.364. The summed E-state index contributed by atoms with van der Waals surface area (Å²) in [5, 5.41) is 0. The van der Waals surface area contributed by atoms with E-state index in [2.05, 4.69) is 0 Å². The number of ketones is 1. The Bertz CT molecular complexity index is 209. The van der Waals surface area contributed by atoms with E-state index in [4.69, 9.17) is 0 Å². The van der Waals surface area contributed by atoms with Gasteiger partial charge in [0.15, 0.2) is 5.78 Å². The second kappa shape index (κ2) is 3.42. The standard InChI is InChI=1S/C11H16O/c12-11-7-3-6-10(8-11)9-4-1-2-5-9/h8-9H,1-7H2. The lowest BCUT2D eigenvalue weighted by atomic mass is 9.88. The molecule has 2 aliphatic carbocycles. The lowest BCUT2D eigenvalue weighted by Gasteiger charge is -2.17. The van der Waals surface area contributed by atoms with Crippen LogP contribution >= 0.6 is 0 Å². The van der Waals surface area contributed by atoms with Crippen LogP contribution in [0.25, 0.3) is 0 Å². The molecule has 2 rings (SSSR count). The average Bonchev–Trinajstić information content (AvgIpc) is 2.56. The molecule has 1 saturated carbocycles. The van der Waals surface area contributed by atoms with Crippen molar-refractivity contribution in [2.45, 2.75) is 44.9 Å². The molecule has 0 aromatic carbocycles. The molecule has 1 nitrogen and oxygen atoms in total. The van der Waals surface area contributed by atoms with Crippen molar-refractivity contribution in [1.82, 2.24) is 0 Å². The van der Waals surface area contributed by atoms with Crippen molar-refractivity contribution in [3.63, 3.8) is 0 Å². The molecular weight excluding hydrogens is 148 g/mol. The van der Waals surface area contributed by atoms with Crippen molar-refractivity contribution in [2.24, 2.45) is 5.92 Å². The minimum Gasteiger partial charge on any atom is -0.295 e. The third-order valence-electron chi connectivity index (χ3n) is 3.11. The zero-order valence-electron chi connectivity index (χ0n) is 7.51. The number of hydrogen-bond donors (Lipinski definition) is 0. The van der Waals surface area contributed by atoms with Gasteiger partial charge >= 0.3 is 0 Å². The van der Waals surface area contributed by atoms with E-state index in [0.29, 0.717) is 5.78 Å². The highest BCUT2D eigenvalue weighted by molar-refractivity contribution is 5.91. The molecule has 0 aromatic heterocycles. The third-order valence-corrected chi connectivity index (χ3v) is 3.11. The van der Waals surface area contributed by atoms with Gasteiger partial charge < -0.3 is 0 Å². The van der Waals surface area contributed by atoms with E-state index in [1.165, 1.54) is 37.7 Å². The quantitative estimate of drug-likeness (QED) is 0.582. The molecule has 0 aliphatic heterocycles. The van der Waals surface area contributed by atoms with E-state index < -0.39 is 0 Å². The normalized spacial score (nSPS) is 26.0. The largest absolute Gasteiger partial charge is 0.295 e. The maximum absolute atomic E-state index is 11.2. The summed E-state index contributed by atoms with van der Waals surface area (Å²) in [5.74, 6) is 1.14. The molecule has 0 saturated heterocycles. The molecule has 0 spiro atoms. The van der Waals surface area contributed by atoms with Crippen molar-refractivity contribution in [3.05, 3.63) is 11.6 Å². The first-order chi connectivity index (χ1) is 5.86. The molecule has 1 heteroatoms. The lowest BCUT2D eigenvalue weighted by molar-refractivity contribution is -0.115. The molecule has 12 heavy (non-hydrogen) atoms. The molecule has 0 heterocycles. The Labute approximate surface area is 73.8 Å². The average molecular weight is 164 g/mol. The Morgan fingerprint density at radius 3 is 2.50 bits per heavy atom. The van der Waals surface area contributed by atoms with E-state index in [0.717, 1.165) is 18.8 Å². The van der Waals surface area contributed by atoms with Crippen LogP contribution in [0.4, 0.5) is 0 Å². The van der Waals surface area contributed by atoms with Crippen LogP contribution in [0.1, 0.15) is 44.9 Å². The lowest BCUT2D eigenvalue weighted by Crippen LogP contribution is -2.08. The fourth-order valence-corrected chi connectivity index (χ4v) is 2.44. The topological polar surface area (TPSA) is 17.1 Å². The van der Waals surface area contributed by atoms with Gasteiger partial charge in [0.25, 0.3) is 0 Å². The predicted molar refractivity (Wildman–Crippen MR) is 48.9 cm³/mol. The molecule has 1 fully saturated rings. The highest BCUT2D eigenvalue weighted by atomic mass is 16.1. The van der Waals surface area contributed by atoms with E-state index in [-0.39, 0.29) is 0 Å². The number of allylic oxidation sites excluding steroid dienone is 2. The number of rotatable bonds is 1. The maximum Gasteiger partial charge on any atom is 0.155 e. The van der Waals surface area contributed by atoms with Crippen molar-refractivity contribution in [2.75, 3.05) is 0 Å². The maximum atomic E-state index is 11.2. The molecule has 66 valence electrons. The Morgan fingerprint density at radius 2 is 1.83 bits per heavy atom. The number of carbonyl (C=O) groups excluding carboxylic acids is 1. The molecule has 0 radical (unpaired) electrons. The number of hydrogen-bond acceptors (Lipinski definition) is 1. The molecule has 0 atom stereocenters. The van der Waals surface area contributed by atoms with Crippen LogP contribution in [-0.2, 0) is 4.79 Å². The van der Waals surface area contributed by atoms with Crippen LogP contribution < -0.4 is 0 Å². The van der Waals surface area contributed by atoms with Crippen LogP contribution in [0.5, 0.6) is 0 Å². The summed E-state index contributed by atoms with van der Waals surface area (Å²) in [5.41, 5.74) is 1.46. The SMILES string of the molecule is O=C1C=C(C2CCCC2)CCC1. The van der Waals surface area contributed by atoms with Gasteiger partial charge in [0, 0.05) is 6.42 Å². The first-order valence-corrected chi connectivity index (χ1v) is 5.09. The Kier molecular flexibility index (Phi) is 2.29. The van der Waals surface area contributed by atoms with Gasteiger partial charge in [0.2, 0.25) is 0 Å². The summed E-state index contributed by atoms with van der Waals surface area (Å²) in [7, 11) is 0. The van der Waals surface area contributed by atoms with Gasteiger partial charge in [-0.25, -0.2) is 0 Å². The highest BCUT2D eigenvalue weighted by Gasteiger charge is 2.21. The predicted octanol–water partition coefficient (Wildman–Crippen LogP) is 2.86. The minimum absolute atomic E-state index is 0.364. The molecule has 0 amide bonds. The van der Waals surface area contributed by atoms with E-state index in [1.54, 1.807) is 0 Å². The summed E-state index contributed by atoms with van der Waals surface area (Å²) in [6, 6.07) is 0. The highest BCUT2D eigenvalue weighted by Crippen LogP contribution is 2.34. The van der Waals surface area contributed by atoms with E-state index >= 15 is 0 Å². The molecule has 0 N–H and O–H groups in total. The monoisotopic (exact) mass is 164 g/mol. The van der Waals surface area contributed by atoms with Crippen LogP contribution in [0, 0.1) is 5.92 Å². The van der Waals surface area contributed by atoms with Crippen LogP contribution in [0.3, 0.4) is 0 Å². The Balaban J connectivity index is 2.05. The molecular formula is C11H16O. The van der Waals surface area contributed by atoms with Gasteiger partial charge in [-0.2, -0.15) is 0 Å². The molecule has 0 aromatic rings. The fourth-order valence-electron chi connectivity index (χ4n) is 2.44. The van der Waals surface area contributed by atoms with Crippen LogP contribution in [0.15, 0.2) is 11.6 Å². The van der Waals surface area contributed by atoms with Gasteiger partial charge in [0.1, 0.15) is 0 Å². The van der Waals surface area contributed by atoms with E-state index in [9.17, 15) is 4.79 Å². The second-order valence-electron chi connectivity index (χ2n) is 4.02. The van der Waals surface area contributed by atoms with E-state index in [1.807, 2.05) is 6.08 Å². The van der Waals surface area contributed by atoms with Crippen LogP contribution in [-0.4, -0.2) is 5.78 Å². The van der Waals surface area contributed by atoms with Crippen molar-refractivity contribution in [3.8, 4) is 0 Å². The first-order valence-electron chi connectivity index (χ1n) is 5.09. The fraction of sp³-hybridized carbons (Fsp3) is 0.727. The molecule has 2 aliphatic rings. The van der Waals surface area contributed by atoms with Gasteiger partial charge in [-0.15, -0.1) is 0 Å². The second-order valence-corrected chi connectivity index (χ2v) is 4.02. The zero-order valence-corrected chi connectivity index (χ0v) is 7.51. The summed E-state index contributed by atoms with van der Waals surface area (Å²) in [4.78, 5) is 11.2. The van der Waals surface area contributed by atoms with Gasteiger partial charge in [-0.3, -0.25) is 4.79 Å². The molecule has 0 bridgehead atoms. The van der Waals surface area contributed by atoms with Crippen molar-refractivity contribution in [1.29, 1.82) is 0 Å². The zero-order chi connectivity index (χ0) is 8.39. The van der Waals surface area contributed by atoms with Crippen LogP contribution in [0.2, 0.25) is 0 Å². The van der Waals surface area contributed by atoms with Gasteiger partial charge in [-0.05, 0) is 37.7 Å². The third kappa shape index (κ3) is 1.60. The Hall–Kier alpha value is -0.590. The first kappa shape index (κ1) is 8.03. The number of carbonyl (C=O) groups is 1. The summed E-state index contributed by atoms with van der Waals surface area (Å²) < 4.78 is 0. The molecule has 0 unspecified atom stereocenters. The van der Waals surface area contributed by atoms with Crippen molar-refractivity contribution >= 4 is 5.78 Å². The Morgan fingerprint density at radius 1 is 1.08 bits per heavy atom. The van der Waals surface area contributed by atoms with Gasteiger partial charge in [0.05, 0.1) is 0 Å². The summed E-state index contributed by atoms with van der Waals surface area (Å²) >= 11 is 0.